The summed E-state index contributed by atoms with van der Waals surface area (Å²) in [4.78, 5) is 15.2. The monoisotopic (exact) mass is 440 g/mol. The Labute approximate surface area is 185 Å². The SMILES string of the molecule is COc1ccccc1C(=O)CSc1nnc(CN2CCCCC2)n1-c1ccc(F)cc1. The molecular weight excluding hydrogens is 415 g/mol. The van der Waals surface area contributed by atoms with Gasteiger partial charge in [0.1, 0.15) is 11.6 Å². The Morgan fingerprint density at radius 1 is 1.06 bits per heavy atom. The van der Waals surface area contributed by atoms with E-state index in [-0.39, 0.29) is 17.4 Å². The summed E-state index contributed by atoms with van der Waals surface area (Å²) in [6.07, 6.45) is 3.62. The van der Waals surface area contributed by atoms with E-state index in [1.807, 2.05) is 16.7 Å². The zero-order chi connectivity index (χ0) is 21.6. The minimum atomic E-state index is -0.296. The van der Waals surface area contributed by atoms with Gasteiger partial charge in [-0.05, 0) is 62.3 Å². The molecule has 1 aromatic heterocycles. The third-order valence-corrected chi connectivity index (χ3v) is 6.27. The van der Waals surface area contributed by atoms with E-state index in [4.69, 9.17) is 4.74 Å². The molecule has 1 aliphatic rings. The maximum atomic E-state index is 13.5. The summed E-state index contributed by atoms with van der Waals surface area (Å²) in [5, 5.41) is 9.39. The van der Waals surface area contributed by atoms with Crippen LogP contribution in [-0.4, -0.2) is 51.4 Å². The summed E-state index contributed by atoms with van der Waals surface area (Å²) < 4.78 is 20.7. The molecule has 8 heteroatoms. The predicted molar refractivity (Wildman–Crippen MR) is 118 cm³/mol. The van der Waals surface area contributed by atoms with E-state index in [9.17, 15) is 9.18 Å². The molecule has 2 heterocycles. The molecule has 0 aliphatic carbocycles. The Bertz CT molecular complexity index is 1030. The van der Waals surface area contributed by atoms with Crippen LogP contribution in [0.4, 0.5) is 4.39 Å². The summed E-state index contributed by atoms with van der Waals surface area (Å²) in [7, 11) is 1.55. The molecule has 2 aromatic carbocycles. The minimum Gasteiger partial charge on any atom is -0.496 e. The fraction of sp³-hybridized carbons (Fsp3) is 0.348. The molecule has 6 nitrogen and oxygen atoms in total. The van der Waals surface area contributed by atoms with Crippen molar-refractivity contribution < 1.29 is 13.9 Å². The Morgan fingerprint density at radius 2 is 1.81 bits per heavy atom. The molecule has 0 N–H and O–H groups in total. The first kappa shape index (κ1) is 21.5. The first-order valence-electron chi connectivity index (χ1n) is 10.4. The third kappa shape index (κ3) is 5.14. The van der Waals surface area contributed by atoms with Gasteiger partial charge in [-0.3, -0.25) is 14.3 Å². The molecule has 4 rings (SSSR count). The minimum absolute atomic E-state index is 0.0475. The van der Waals surface area contributed by atoms with Crippen LogP contribution in [0.1, 0.15) is 35.4 Å². The van der Waals surface area contributed by atoms with Crippen LogP contribution in [0.2, 0.25) is 0 Å². The number of ether oxygens (including phenoxy) is 1. The van der Waals surface area contributed by atoms with Crippen molar-refractivity contribution in [1.29, 1.82) is 0 Å². The van der Waals surface area contributed by atoms with Gasteiger partial charge in [-0.15, -0.1) is 10.2 Å². The second-order valence-electron chi connectivity index (χ2n) is 7.46. The number of methoxy groups -OCH3 is 1. The number of aromatic nitrogens is 3. The first-order valence-corrected chi connectivity index (χ1v) is 11.4. The maximum Gasteiger partial charge on any atom is 0.196 e. The fourth-order valence-electron chi connectivity index (χ4n) is 3.75. The lowest BCUT2D eigenvalue weighted by atomic mass is 10.1. The highest BCUT2D eigenvalue weighted by atomic mass is 32.2. The number of para-hydroxylation sites is 1. The van der Waals surface area contributed by atoms with Crippen molar-refractivity contribution in [2.24, 2.45) is 0 Å². The highest BCUT2D eigenvalue weighted by Crippen LogP contribution is 2.26. The molecule has 1 aliphatic heterocycles. The summed E-state index contributed by atoms with van der Waals surface area (Å²) in [6.45, 7) is 2.74. The zero-order valence-corrected chi connectivity index (χ0v) is 18.3. The number of hydrogen-bond acceptors (Lipinski definition) is 6. The van der Waals surface area contributed by atoms with Crippen LogP contribution in [0.15, 0.2) is 53.7 Å². The number of carbonyl (C=O) groups is 1. The molecule has 0 atom stereocenters. The van der Waals surface area contributed by atoms with Gasteiger partial charge in [-0.25, -0.2) is 4.39 Å². The van der Waals surface area contributed by atoms with Crippen LogP contribution in [0.3, 0.4) is 0 Å². The number of rotatable bonds is 8. The molecule has 162 valence electrons. The quantitative estimate of drug-likeness (QED) is 0.383. The third-order valence-electron chi connectivity index (χ3n) is 5.34. The van der Waals surface area contributed by atoms with Gasteiger partial charge in [-0.1, -0.05) is 30.3 Å². The Morgan fingerprint density at radius 3 is 2.55 bits per heavy atom. The van der Waals surface area contributed by atoms with Crippen LogP contribution in [-0.2, 0) is 6.54 Å². The van der Waals surface area contributed by atoms with E-state index < -0.39 is 0 Å². The van der Waals surface area contributed by atoms with Crippen molar-refractivity contribution in [3.05, 3.63) is 65.7 Å². The predicted octanol–water partition coefficient (Wildman–Crippen LogP) is 4.38. The second-order valence-corrected chi connectivity index (χ2v) is 8.40. The van der Waals surface area contributed by atoms with Gasteiger partial charge in [0.05, 0.1) is 25.0 Å². The summed E-state index contributed by atoms with van der Waals surface area (Å²) in [5.74, 6) is 1.20. The molecule has 3 aromatic rings. The molecule has 0 bridgehead atoms. The number of nitrogens with zero attached hydrogens (tertiary/aromatic N) is 4. The number of likely N-dealkylation sites (tertiary alicyclic amines) is 1. The molecule has 1 saturated heterocycles. The lowest BCUT2D eigenvalue weighted by molar-refractivity contribution is 0.101. The lowest BCUT2D eigenvalue weighted by Crippen LogP contribution is -2.30. The number of piperidine rings is 1. The molecule has 0 radical (unpaired) electrons. The number of Topliss-reactive ketones (excluding diaryl/α,β-unsaturated/α-hetero) is 1. The number of thioether (sulfide) groups is 1. The van der Waals surface area contributed by atoms with E-state index in [1.165, 1.54) is 43.2 Å². The van der Waals surface area contributed by atoms with Crippen LogP contribution in [0.25, 0.3) is 5.69 Å². The van der Waals surface area contributed by atoms with Crippen molar-refractivity contribution in [1.82, 2.24) is 19.7 Å². The van der Waals surface area contributed by atoms with Crippen molar-refractivity contribution in [3.8, 4) is 11.4 Å². The van der Waals surface area contributed by atoms with E-state index in [0.717, 1.165) is 24.6 Å². The highest BCUT2D eigenvalue weighted by Gasteiger charge is 2.20. The van der Waals surface area contributed by atoms with Gasteiger partial charge < -0.3 is 4.74 Å². The number of benzene rings is 2. The Balaban J connectivity index is 1.57. The van der Waals surface area contributed by atoms with E-state index in [2.05, 4.69) is 15.1 Å². The van der Waals surface area contributed by atoms with Crippen molar-refractivity contribution >= 4 is 17.5 Å². The average Bonchev–Trinajstić information content (AvgIpc) is 3.21. The van der Waals surface area contributed by atoms with Crippen molar-refractivity contribution in [2.45, 2.75) is 31.0 Å². The van der Waals surface area contributed by atoms with Gasteiger partial charge in [0.2, 0.25) is 0 Å². The van der Waals surface area contributed by atoms with Gasteiger partial charge in [0, 0.05) is 5.69 Å². The smallest absolute Gasteiger partial charge is 0.196 e. The normalized spacial score (nSPS) is 14.5. The van der Waals surface area contributed by atoms with Gasteiger partial charge in [0.15, 0.2) is 16.8 Å². The van der Waals surface area contributed by atoms with Crippen LogP contribution in [0.5, 0.6) is 5.75 Å². The molecule has 0 spiro atoms. The first-order chi connectivity index (χ1) is 15.2. The summed E-state index contributed by atoms with van der Waals surface area (Å²) in [5.41, 5.74) is 1.32. The van der Waals surface area contributed by atoms with Crippen molar-refractivity contribution in [2.75, 3.05) is 26.0 Å². The zero-order valence-electron chi connectivity index (χ0n) is 17.5. The standard InChI is InChI=1S/C23H25FN4O2S/c1-30-21-8-4-3-7-19(21)20(29)16-31-23-26-25-22(15-27-13-5-2-6-14-27)28(23)18-11-9-17(24)10-12-18/h3-4,7-12H,2,5-6,13-16H2,1H3. The summed E-state index contributed by atoms with van der Waals surface area (Å²) >= 11 is 1.32. The van der Waals surface area contributed by atoms with E-state index in [0.29, 0.717) is 23.0 Å². The van der Waals surface area contributed by atoms with Gasteiger partial charge >= 0.3 is 0 Å². The van der Waals surface area contributed by atoms with Gasteiger partial charge in [0.25, 0.3) is 0 Å². The molecular formula is C23H25FN4O2S. The molecule has 0 amide bonds. The number of halogens is 1. The van der Waals surface area contributed by atoms with Crippen LogP contribution < -0.4 is 4.74 Å². The van der Waals surface area contributed by atoms with Crippen LogP contribution >= 0.6 is 11.8 Å². The number of hydrogen-bond donors (Lipinski definition) is 0. The molecule has 31 heavy (non-hydrogen) atoms. The van der Waals surface area contributed by atoms with Gasteiger partial charge in [-0.2, -0.15) is 0 Å². The lowest BCUT2D eigenvalue weighted by Gasteiger charge is -2.26. The number of ketones is 1. The topological polar surface area (TPSA) is 60.2 Å². The van der Waals surface area contributed by atoms with Crippen LogP contribution in [0, 0.1) is 5.82 Å². The summed E-state index contributed by atoms with van der Waals surface area (Å²) in [6, 6.07) is 13.5. The Hall–Kier alpha value is -2.71. The average molecular weight is 441 g/mol. The Kier molecular flexibility index (Phi) is 6.99. The van der Waals surface area contributed by atoms with Crippen molar-refractivity contribution in [3.63, 3.8) is 0 Å². The second kappa shape index (κ2) is 10.1. The molecule has 0 saturated carbocycles. The van der Waals surface area contributed by atoms with E-state index in [1.54, 1.807) is 31.4 Å². The molecule has 0 unspecified atom stereocenters. The highest BCUT2D eigenvalue weighted by molar-refractivity contribution is 7.99. The molecule has 1 fully saturated rings. The fourth-order valence-corrected chi connectivity index (χ4v) is 4.60. The maximum absolute atomic E-state index is 13.5. The van der Waals surface area contributed by atoms with E-state index >= 15 is 0 Å². The largest absolute Gasteiger partial charge is 0.496 e. The number of carbonyl (C=O) groups excluding carboxylic acids is 1.